The fraction of sp³-hybridized carbons (Fsp3) is 0.526. The molecule has 2 aromatic rings. The molecular weight excluding hydrogens is 308 g/mol. The molecule has 1 aromatic carbocycles. The van der Waals surface area contributed by atoms with Gasteiger partial charge in [0.25, 0.3) is 0 Å². The molecule has 1 saturated carbocycles. The van der Waals surface area contributed by atoms with Gasteiger partial charge in [0.1, 0.15) is 17.3 Å². The number of aromatic nitrogens is 2. The second-order valence-electron chi connectivity index (χ2n) is 6.94. The molecule has 3 nitrogen and oxygen atoms in total. The Morgan fingerprint density at radius 2 is 1.88 bits per heavy atom. The summed E-state index contributed by atoms with van der Waals surface area (Å²) in [6.45, 7) is 0.867. The van der Waals surface area contributed by atoms with Gasteiger partial charge in [0.2, 0.25) is 0 Å². The predicted octanol–water partition coefficient (Wildman–Crippen LogP) is 4.95. The molecule has 5 heteroatoms. The molecule has 0 radical (unpaired) electrons. The van der Waals surface area contributed by atoms with Gasteiger partial charge in [0, 0.05) is 24.1 Å². The Morgan fingerprint density at radius 3 is 2.67 bits per heavy atom. The predicted molar refractivity (Wildman–Crippen MR) is 90.7 cm³/mol. The number of nitrogens with zero attached hydrogens (tertiary/aromatic N) is 2. The molecule has 1 aliphatic carbocycles. The van der Waals surface area contributed by atoms with E-state index in [0.717, 1.165) is 56.2 Å². The number of hydrogen-bond donors (Lipinski definition) is 1. The average molecular weight is 331 g/mol. The van der Waals surface area contributed by atoms with Gasteiger partial charge in [-0.15, -0.1) is 0 Å². The molecule has 0 amide bonds. The summed E-state index contributed by atoms with van der Waals surface area (Å²) >= 11 is 0. The van der Waals surface area contributed by atoms with Crippen LogP contribution in [-0.4, -0.2) is 16.3 Å². The van der Waals surface area contributed by atoms with Gasteiger partial charge in [-0.3, -0.25) is 0 Å². The molecule has 2 aliphatic rings. The lowest BCUT2D eigenvalue weighted by Crippen LogP contribution is -2.09. The van der Waals surface area contributed by atoms with Crippen LogP contribution in [0, 0.1) is 11.6 Å². The molecule has 2 heterocycles. The van der Waals surface area contributed by atoms with Crippen LogP contribution in [0.5, 0.6) is 0 Å². The van der Waals surface area contributed by atoms with Crippen molar-refractivity contribution in [2.45, 2.75) is 57.3 Å². The third kappa shape index (κ3) is 2.80. The van der Waals surface area contributed by atoms with Crippen LogP contribution in [0.4, 0.5) is 14.6 Å². The third-order valence-electron chi connectivity index (χ3n) is 5.29. The maximum atomic E-state index is 14.3. The van der Waals surface area contributed by atoms with Crippen molar-refractivity contribution < 1.29 is 8.78 Å². The topological polar surface area (TPSA) is 29.9 Å². The SMILES string of the molecule is Fc1ccc(-n2nc(C3CCCCC3)c3c2NCCCC3)c(F)c1. The molecule has 0 bridgehead atoms. The molecule has 0 spiro atoms. The third-order valence-corrected chi connectivity index (χ3v) is 5.29. The Kier molecular flexibility index (Phi) is 4.25. The monoisotopic (exact) mass is 331 g/mol. The van der Waals surface area contributed by atoms with E-state index in [1.807, 2.05) is 0 Å². The lowest BCUT2D eigenvalue weighted by molar-refractivity contribution is 0.432. The Bertz CT molecular complexity index is 732. The summed E-state index contributed by atoms with van der Waals surface area (Å²) in [5.41, 5.74) is 2.69. The first kappa shape index (κ1) is 15.6. The highest BCUT2D eigenvalue weighted by Crippen LogP contribution is 2.38. The summed E-state index contributed by atoms with van der Waals surface area (Å²) in [4.78, 5) is 0. The van der Waals surface area contributed by atoms with Crippen LogP contribution in [0.1, 0.15) is 62.1 Å². The molecular formula is C19H23F2N3. The zero-order chi connectivity index (χ0) is 16.5. The van der Waals surface area contributed by atoms with Crippen LogP contribution in [0.15, 0.2) is 18.2 Å². The maximum Gasteiger partial charge on any atom is 0.151 e. The van der Waals surface area contributed by atoms with Crippen LogP contribution in [-0.2, 0) is 6.42 Å². The van der Waals surface area contributed by atoms with Crippen LogP contribution in [0.3, 0.4) is 0 Å². The van der Waals surface area contributed by atoms with Gasteiger partial charge in [-0.25, -0.2) is 13.5 Å². The van der Waals surface area contributed by atoms with E-state index in [9.17, 15) is 8.78 Å². The Labute approximate surface area is 141 Å². The number of anilines is 1. The summed E-state index contributed by atoms with van der Waals surface area (Å²) in [7, 11) is 0. The van der Waals surface area contributed by atoms with Gasteiger partial charge in [-0.2, -0.15) is 5.10 Å². The minimum absolute atomic E-state index is 0.323. The molecule has 1 aromatic heterocycles. The summed E-state index contributed by atoms with van der Waals surface area (Å²) in [5.74, 6) is 0.243. The van der Waals surface area contributed by atoms with Crippen LogP contribution in [0.2, 0.25) is 0 Å². The molecule has 0 saturated heterocycles. The number of benzene rings is 1. The fourth-order valence-corrected chi connectivity index (χ4v) is 4.06. The van der Waals surface area contributed by atoms with Crippen molar-refractivity contribution in [1.29, 1.82) is 0 Å². The van der Waals surface area contributed by atoms with Gasteiger partial charge in [0.05, 0.1) is 5.69 Å². The van der Waals surface area contributed by atoms with E-state index in [2.05, 4.69) is 5.32 Å². The van der Waals surface area contributed by atoms with E-state index in [1.165, 1.54) is 37.0 Å². The second-order valence-corrected chi connectivity index (χ2v) is 6.94. The van der Waals surface area contributed by atoms with Crippen molar-refractivity contribution in [3.63, 3.8) is 0 Å². The van der Waals surface area contributed by atoms with E-state index in [0.29, 0.717) is 11.6 Å². The van der Waals surface area contributed by atoms with Crippen molar-refractivity contribution in [2.24, 2.45) is 0 Å². The number of nitrogens with one attached hydrogen (secondary N) is 1. The van der Waals surface area contributed by atoms with Crippen molar-refractivity contribution in [3.05, 3.63) is 41.1 Å². The molecule has 1 N–H and O–H groups in total. The second kappa shape index (κ2) is 6.54. The highest BCUT2D eigenvalue weighted by molar-refractivity contribution is 5.55. The first-order chi connectivity index (χ1) is 11.7. The zero-order valence-corrected chi connectivity index (χ0v) is 13.8. The average Bonchev–Trinajstić information content (AvgIpc) is 2.78. The molecule has 1 aliphatic heterocycles. The standard InChI is InChI=1S/C19H23F2N3/c20-14-9-10-17(16(21)12-14)24-19-15(8-4-5-11-22-19)18(23-24)13-6-2-1-3-7-13/h9-10,12-13,22H,1-8,11H2. The van der Waals surface area contributed by atoms with Crippen molar-refractivity contribution in [2.75, 3.05) is 11.9 Å². The molecule has 0 unspecified atom stereocenters. The summed E-state index contributed by atoms with van der Waals surface area (Å²) in [6.07, 6.45) is 9.31. The summed E-state index contributed by atoms with van der Waals surface area (Å²) in [6, 6.07) is 3.71. The lowest BCUT2D eigenvalue weighted by Gasteiger charge is -2.20. The van der Waals surface area contributed by atoms with E-state index < -0.39 is 11.6 Å². The van der Waals surface area contributed by atoms with Gasteiger partial charge in [-0.1, -0.05) is 19.3 Å². The Balaban J connectivity index is 1.82. The van der Waals surface area contributed by atoms with Crippen LogP contribution >= 0.6 is 0 Å². The van der Waals surface area contributed by atoms with Crippen LogP contribution < -0.4 is 5.32 Å². The minimum Gasteiger partial charge on any atom is -0.370 e. The first-order valence-electron chi connectivity index (χ1n) is 9.05. The quantitative estimate of drug-likeness (QED) is 0.844. The van der Waals surface area contributed by atoms with E-state index in [4.69, 9.17) is 5.10 Å². The maximum absolute atomic E-state index is 14.3. The van der Waals surface area contributed by atoms with E-state index >= 15 is 0 Å². The normalized spacial score (nSPS) is 18.8. The Hall–Kier alpha value is -1.91. The van der Waals surface area contributed by atoms with Crippen molar-refractivity contribution in [3.8, 4) is 5.69 Å². The van der Waals surface area contributed by atoms with Crippen molar-refractivity contribution >= 4 is 5.82 Å². The summed E-state index contributed by atoms with van der Waals surface area (Å²) in [5, 5.41) is 8.24. The van der Waals surface area contributed by atoms with Crippen LogP contribution in [0.25, 0.3) is 5.69 Å². The minimum atomic E-state index is -0.568. The van der Waals surface area contributed by atoms with Crippen molar-refractivity contribution in [1.82, 2.24) is 9.78 Å². The highest BCUT2D eigenvalue weighted by atomic mass is 19.1. The highest BCUT2D eigenvalue weighted by Gasteiger charge is 2.27. The number of fused-ring (bicyclic) bond motifs is 1. The number of hydrogen-bond acceptors (Lipinski definition) is 2. The number of halogens is 2. The molecule has 4 rings (SSSR count). The molecule has 0 atom stereocenters. The molecule has 24 heavy (non-hydrogen) atoms. The van der Waals surface area contributed by atoms with Gasteiger partial charge < -0.3 is 5.32 Å². The molecule has 128 valence electrons. The van der Waals surface area contributed by atoms with Gasteiger partial charge >= 0.3 is 0 Å². The largest absolute Gasteiger partial charge is 0.370 e. The van der Waals surface area contributed by atoms with E-state index in [1.54, 1.807) is 4.68 Å². The number of rotatable bonds is 2. The summed E-state index contributed by atoms with van der Waals surface area (Å²) < 4.78 is 29.3. The first-order valence-corrected chi connectivity index (χ1v) is 9.05. The smallest absolute Gasteiger partial charge is 0.151 e. The van der Waals surface area contributed by atoms with Gasteiger partial charge in [0.15, 0.2) is 5.82 Å². The fourth-order valence-electron chi connectivity index (χ4n) is 4.06. The van der Waals surface area contributed by atoms with E-state index in [-0.39, 0.29) is 0 Å². The van der Waals surface area contributed by atoms with Gasteiger partial charge in [-0.05, 0) is 44.2 Å². The Morgan fingerprint density at radius 1 is 1.04 bits per heavy atom. The molecule has 1 fully saturated rings. The lowest BCUT2D eigenvalue weighted by atomic mass is 9.85. The zero-order valence-electron chi connectivity index (χ0n) is 13.8.